The van der Waals surface area contributed by atoms with Gasteiger partial charge in [-0.2, -0.15) is 5.10 Å². The molecule has 0 amide bonds. The number of aryl methyl sites for hydroxylation is 1. The standard InChI is InChI=1S/C21H20BrClN4O5S/c22-15-10-13(11-24-21(15)32-19-7-2-1-4-16(19)23)27(33(30)31)18-6-3-5-17-14(18)12-25-26(17)9-8-20(28)29/h1-2,4,7,10-12,18H,3,5-6,8-9H2,(H,28,29)(H,30,31)/p-1. The van der Waals surface area contributed by atoms with Crippen LogP contribution in [0.3, 0.4) is 0 Å². The first kappa shape index (κ1) is 23.7. The topological polar surface area (TPSA) is 121 Å². The van der Waals surface area contributed by atoms with Crippen LogP contribution in [0.15, 0.2) is 47.2 Å². The Kier molecular flexibility index (Phi) is 7.32. The second-order valence-electron chi connectivity index (χ2n) is 7.38. The van der Waals surface area contributed by atoms with E-state index in [2.05, 4.69) is 26.0 Å². The normalized spacial score (nSPS) is 16.2. The van der Waals surface area contributed by atoms with Gasteiger partial charge in [0.2, 0.25) is 5.88 Å². The van der Waals surface area contributed by atoms with E-state index in [4.69, 9.17) is 21.4 Å². The SMILES string of the molecule is O=C(O)CCn1ncc2c1CCCC2N(c1cnc(Oc2ccccc2Cl)c(Br)c1)S(=O)[O-]. The van der Waals surface area contributed by atoms with Crippen molar-refractivity contribution in [3.05, 3.63) is 63.5 Å². The molecule has 2 heterocycles. The Morgan fingerprint density at radius 2 is 2.18 bits per heavy atom. The van der Waals surface area contributed by atoms with Gasteiger partial charge < -0.3 is 14.4 Å². The number of benzene rings is 1. The third-order valence-electron chi connectivity index (χ3n) is 5.30. The third-order valence-corrected chi connectivity index (χ3v) is 6.97. The van der Waals surface area contributed by atoms with Crippen LogP contribution in [0.5, 0.6) is 11.6 Å². The molecule has 0 saturated carbocycles. The van der Waals surface area contributed by atoms with Gasteiger partial charge in [-0.05, 0) is 53.4 Å². The molecule has 0 radical (unpaired) electrons. The number of pyridine rings is 1. The lowest BCUT2D eigenvalue weighted by Crippen LogP contribution is -2.33. The molecule has 2 aromatic heterocycles. The molecule has 0 bridgehead atoms. The largest absolute Gasteiger partial charge is 0.755 e. The average Bonchev–Trinajstić information content (AvgIpc) is 3.19. The van der Waals surface area contributed by atoms with Crippen molar-refractivity contribution in [3.8, 4) is 11.6 Å². The zero-order chi connectivity index (χ0) is 23.5. The highest BCUT2D eigenvalue weighted by Gasteiger charge is 2.31. The maximum absolute atomic E-state index is 12.3. The number of nitrogens with zero attached hydrogens (tertiary/aromatic N) is 4. The molecule has 0 aliphatic heterocycles. The molecule has 9 nitrogen and oxygen atoms in total. The van der Waals surface area contributed by atoms with Crippen LogP contribution in [0, 0.1) is 0 Å². The van der Waals surface area contributed by atoms with E-state index in [1.807, 2.05) is 0 Å². The number of carboxylic acids is 1. The van der Waals surface area contributed by atoms with E-state index < -0.39 is 23.3 Å². The number of fused-ring (bicyclic) bond motifs is 1. The fourth-order valence-electron chi connectivity index (χ4n) is 3.85. The lowest BCUT2D eigenvalue weighted by Gasteiger charge is -2.36. The molecule has 0 saturated heterocycles. The van der Waals surface area contributed by atoms with Gasteiger partial charge in [-0.15, -0.1) is 0 Å². The van der Waals surface area contributed by atoms with Crippen molar-refractivity contribution < 1.29 is 23.4 Å². The summed E-state index contributed by atoms with van der Waals surface area (Å²) in [6, 6.07) is 8.11. The summed E-state index contributed by atoms with van der Waals surface area (Å²) in [7, 11) is 0. The summed E-state index contributed by atoms with van der Waals surface area (Å²) in [5, 5.41) is 13.7. The summed E-state index contributed by atoms with van der Waals surface area (Å²) >= 11 is 6.96. The number of aliphatic carboxylic acids is 1. The molecule has 1 aliphatic rings. The van der Waals surface area contributed by atoms with Gasteiger partial charge in [0.1, 0.15) is 5.75 Å². The van der Waals surface area contributed by atoms with Crippen molar-refractivity contribution in [2.24, 2.45) is 0 Å². The van der Waals surface area contributed by atoms with Gasteiger partial charge in [0.15, 0.2) is 0 Å². The number of carboxylic acid groups (broad SMARTS) is 1. The molecule has 0 fully saturated rings. The minimum atomic E-state index is -2.59. The first-order chi connectivity index (χ1) is 15.8. The van der Waals surface area contributed by atoms with Crippen LogP contribution in [0.1, 0.15) is 36.6 Å². The van der Waals surface area contributed by atoms with Crippen LogP contribution in [0.4, 0.5) is 5.69 Å². The summed E-state index contributed by atoms with van der Waals surface area (Å²) in [6.07, 6.45) is 5.04. The van der Waals surface area contributed by atoms with E-state index in [9.17, 15) is 13.6 Å². The van der Waals surface area contributed by atoms with Gasteiger partial charge >= 0.3 is 5.97 Å². The molecule has 1 aromatic carbocycles. The van der Waals surface area contributed by atoms with Gasteiger partial charge in [0, 0.05) is 22.5 Å². The fourth-order valence-corrected chi connectivity index (χ4v) is 5.14. The van der Waals surface area contributed by atoms with Crippen molar-refractivity contribution in [2.45, 2.75) is 38.3 Å². The Hall–Kier alpha value is -2.47. The van der Waals surface area contributed by atoms with Crippen LogP contribution in [-0.2, 0) is 29.0 Å². The predicted molar refractivity (Wildman–Crippen MR) is 125 cm³/mol. The van der Waals surface area contributed by atoms with Crippen LogP contribution in [0.25, 0.3) is 0 Å². The molecule has 2 atom stereocenters. The van der Waals surface area contributed by atoms with Crippen molar-refractivity contribution >= 4 is 50.5 Å². The van der Waals surface area contributed by atoms with Gasteiger partial charge in [0.25, 0.3) is 0 Å². The highest BCUT2D eigenvalue weighted by Crippen LogP contribution is 2.40. The number of para-hydroxylation sites is 1. The first-order valence-corrected chi connectivity index (χ1v) is 12.3. The Morgan fingerprint density at radius 1 is 1.39 bits per heavy atom. The summed E-state index contributed by atoms with van der Waals surface area (Å²) in [5.41, 5.74) is 1.98. The van der Waals surface area contributed by atoms with E-state index in [0.29, 0.717) is 33.8 Å². The summed E-state index contributed by atoms with van der Waals surface area (Å²) in [5.74, 6) is -0.242. The predicted octanol–water partition coefficient (Wildman–Crippen LogP) is 4.64. The van der Waals surface area contributed by atoms with Gasteiger partial charge in [-0.1, -0.05) is 23.7 Å². The number of aromatic nitrogens is 3. The molecule has 12 heteroatoms. The van der Waals surface area contributed by atoms with Crippen molar-refractivity contribution in [3.63, 3.8) is 0 Å². The van der Waals surface area contributed by atoms with Crippen LogP contribution < -0.4 is 9.04 Å². The quantitative estimate of drug-likeness (QED) is 0.403. The number of carbonyl (C=O) groups is 1. The van der Waals surface area contributed by atoms with E-state index in [0.717, 1.165) is 17.7 Å². The molecular weight excluding hydrogens is 536 g/mol. The second-order valence-corrected chi connectivity index (χ2v) is 9.47. The Balaban J connectivity index is 1.62. The molecule has 174 valence electrons. The molecular formula is C21H19BrClN4O5S-. The molecule has 3 aromatic rings. The third kappa shape index (κ3) is 5.21. The molecule has 2 unspecified atom stereocenters. The zero-order valence-corrected chi connectivity index (χ0v) is 20.3. The number of halogens is 2. The fraction of sp³-hybridized carbons (Fsp3) is 0.286. The Morgan fingerprint density at radius 3 is 2.88 bits per heavy atom. The van der Waals surface area contributed by atoms with Crippen molar-refractivity contribution in [2.75, 3.05) is 4.31 Å². The zero-order valence-electron chi connectivity index (χ0n) is 17.2. The number of ether oxygens (including phenoxy) is 1. The van der Waals surface area contributed by atoms with E-state index in [1.165, 1.54) is 10.5 Å². The molecule has 0 spiro atoms. The highest BCUT2D eigenvalue weighted by atomic mass is 79.9. The average molecular weight is 555 g/mol. The number of hydrogen-bond acceptors (Lipinski definition) is 6. The van der Waals surface area contributed by atoms with Crippen LogP contribution >= 0.6 is 27.5 Å². The lowest BCUT2D eigenvalue weighted by atomic mass is 9.92. The van der Waals surface area contributed by atoms with Crippen LogP contribution in [0.2, 0.25) is 5.02 Å². The minimum absolute atomic E-state index is 0.0558. The van der Waals surface area contributed by atoms with E-state index in [-0.39, 0.29) is 18.8 Å². The number of rotatable bonds is 8. The van der Waals surface area contributed by atoms with E-state index in [1.54, 1.807) is 41.2 Å². The summed E-state index contributed by atoms with van der Waals surface area (Å²) in [6.45, 7) is 0.235. The van der Waals surface area contributed by atoms with Gasteiger partial charge in [0.05, 0.1) is 46.6 Å². The van der Waals surface area contributed by atoms with Crippen LogP contribution in [-0.4, -0.2) is 34.6 Å². The van der Waals surface area contributed by atoms with E-state index >= 15 is 0 Å². The lowest BCUT2D eigenvalue weighted by molar-refractivity contribution is -0.137. The smallest absolute Gasteiger partial charge is 0.305 e. The van der Waals surface area contributed by atoms with Gasteiger partial charge in [-0.25, -0.2) is 4.98 Å². The maximum atomic E-state index is 12.3. The van der Waals surface area contributed by atoms with Crippen molar-refractivity contribution in [1.82, 2.24) is 14.8 Å². The monoisotopic (exact) mass is 553 g/mol. The molecule has 1 N–H and O–H groups in total. The first-order valence-electron chi connectivity index (χ1n) is 10.1. The molecule has 1 aliphatic carbocycles. The summed E-state index contributed by atoms with van der Waals surface area (Å²) in [4.78, 5) is 15.2. The number of hydrogen-bond donors (Lipinski definition) is 1. The van der Waals surface area contributed by atoms with Gasteiger partial charge in [-0.3, -0.25) is 18.0 Å². The van der Waals surface area contributed by atoms with Crippen molar-refractivity contribution in [1.29, 1.82) is 0 Å². The second kappa shape index (κ2) is 10.2. The molecule has 4 rings (SSSR count). The molecule has 33 heavy (non-hydrogen) atoms. The highest BCUT2D eigenvalue weighted by molar-refractivity contribution is 9.10. The Bertz CT molecular complexity index is 1210. The minimum Gasteiger partial charge on any atom is -0.755 e. The Labute approximate surface area is 205 Å². The maximum Gasteiger partial charge on any atom is 0.305 e. The number of anilines is 1. The summed E-state index contributed by atoms with van der Waals surface area (Å²) < 4.78 is 33.7.